The largest absolute Gasteiger partial charge is 0.318 e. The molecule has 0 aromatic heterocycles. The molecule has 0 aromatic rings. The van der Waals surface area contributed by atoms with Crippen molar-refractivity contribution in [2.45, 2.75) is 6.04 Å². The van der Waals surface area contributed by atoms with Gasteiger partial charge in [-0.15, -0.1) is 0 Å². The van der Waals surface area contributed by atoms with Gasteiger partial charge in [-0.25, -0.2) is 0 Å². The van der Waals surface area contributed by atoms with Crippen LogP contribution < -0.4 is 5.73 Å². The van der Waals surface area contributed by atoms with E-state index >= 15 is 0 Å². The minimum Gasteiger partial charge on any atom is -0.318 e. The molecular formula is C3H6FNOS. The lowest BCUT2D eigenvalue weighted by atomic mass is 10.4. The van der Waals surface area contributed by atoms with Crippen LogP contribution in [-0.4, -0.2) is 17.8 Å². The molecule has 2 N–H and O–H groups in total. The third-order valence-electron chi connectivity index (χ3n) is 0.488. The number of carbonyl (C=O) groups excluding carboxylic acids is 1. The third-order valence-corrected chi connectivity index (χ3v) is 0.882. The van der Waals surface area contributed by atoms with Gasteiger partial charge in [0.05, 0.1) is 0 Å². The number of rotatable bonds is 2. The summed E-state index contributed by atoms with van der Waals surface area (Å²) < 4.78 is 11.3. The summed E-state index contributed by atoms with van der Waals surface area (Å²) in [5.74, 6) is 0.0648. The standard InChI is InChI=1S/C3H6FNOS/c4-3(6)2(5)1-7/h2,7H,1,5H2. The van der Waals surface area contributed by atoms with E-state index in [4.69, 9.17) is 5.73 Å². The summed E-state index contributed by atoms with van der Waals surface area (Å²) in [5, 5.41) is 0. The summed E-state index contributed by atoms with van der Waals surface area (Å²) in [6, 6.07) is -2.54. The van der Waals surface area contributed by atoms with E-state index in [2.05, 4.69) is 12.6 Å². The van der Waals surface area contributed by atoms with Crippen LogP contribution in [0.5, 0.6) is 0 Å². The number of halogens is 1. The highest BCUT2D eigenvalue weighted by molar-refractivity contribution is 7.80. The van der Waals surface area contributed by atoms with Gasteiger partial charge in [0.1, 0.15) is 6.04 Å². The zero-order valence-electron chi connectivity index (χ0n) is 3.60. The Balaban J connectivity index is 3.34. The molecule has 0 aliphatic rings. The van der Waals surface area contributed by atoms with Gasteiger partial charge in [-0.2, -0.15) is 17.0 Å². The molecular weight excluding hydrogens is 117 g/mol. The lowest BCUT2D eigenvalue weighted by Crippen LogP contribution is -2.28. The average molecular weight is 123 g/mol. The molecule has 0 aliphatic carbocycles. The van der Waals surface area contributed by atoms with Crippen LogP contribution in [0.4, 0.5) is 4.39 Å². The molecule has 1 atom stereocenters. The van der Waals surface area contributed by atoms with Gasteiger partial charge in [0.15, 0.2) is 0 Å². The monoisotopic (exact) mass is 123 g/mol. The minimum atomic E-state index is -1.50. The summed E-state index contributed by atoms with van der Waals surface area (Å²) in [6.07, 6.45) is 0. The van der Waals surface area contributed by atoms with E-state index in [1.807, 2.05) is 0 Å². The highest BCUT2D eigenvalue weighted by Gasteiger charge is 2.07. The first-order valence-electron chi connectivity index (χ1n) is 1.74. The summed E-state index contributed by atoms with van der Waals surface area (Å²) >= 11 is 3.57. The highest BCUT2D eigenvalue weighted by Crippen LogP contribution is 1.84. The van der Waals surface area contributed by atoms with Crippen molar-refractivity contribution >= 4 is 18.7 Å². The van der Waals surface area contributed by atoms with E-state index in [0.717, 1.165) is 0 Å². The molecule has 0 fully saturated rings. The Bertz CT molecular complexity index is 77.3. The molecule has 0 spiro atoms. The van der Waals surface area contributed by atoms with Crippen LogP contribution in [0.25, 0.3) is 0 Å². The molecule has 4 heteroatoms. The first-order valence-corrected chi connectivity index (χ1v) is 2.37. The summed E-state index contributed by atoms with van der Waals surface area (Å²) in [6.45, 7) is 0. The lowest BCUT2D eigenvalue weighted by Gasteiger charge is -1.94. The number of hydrogen-bond donors (Lipinski definition) is 2. The van der Waals surface area contributed by atoms with E-state index < -0.39 is 12.1 Å². The molecule has 0 aliphatic heterocycles. The second-order valence-corrected chi connectivity index (χ2v) is 1.46. The smallest absolute Gasteiger partial charge is 0.318 e. The normalized spacial score (nSPS) is 13.6. The van der Waals surface area contributed by atoms with E-state index in [0.29, 0.717) is 0 Å². The predicted molar refractivity (Wildman–Crippen MR) is 27.9 cm³/mol. The van der Waals surface area contributed by atoms with E-state index in [1.54, 1.807) is 0 Å². The van der Waals surface area contributed by atoms with Crippen molar-refractivity contribution < 1.29 is 9.18 Å². The van der Waals surface area contributed by atoms with E-state index in [1.165, 1.54) is 0 Å². The molecule has 0 saturated heterocycles. The molecule has 7 heavy (non-hydrogen) atoms. The molecule has 0 heterocycles. The van der Waals surface area contributed by atoms with Gasteiger partial charge < -0.3 is 5.73 Å². The van der Waals surface area contributed by atoms with Crippen LogP contribution >= 0.6 is 12.6 Å². The molecule has 0 rings (SSSR count). The van der Waals surface area contributed by atoms with Crippen molar-refractivity contribution in [2.75, 3.05) is 5.75 Å². The van der Waals surface area contributed by atoms with Gasteiger partial charge in [-0.1, -0.05) is 0 Å². The van der Waals surface area contributed by atoms with Crippen molar-refractivity contribution in [2.24, 2.45) is 5.73 Å². The maximum absolute atomic E-state index is 11.3. The second kappa shape index (κ2) is 2.98. The Labute approximate surface area is 46.3 Å². The van der Waals surface area contributed by atoms with Crippen LogP contribution in [-0.2, 0) is 4.79 Å². The summed E-state index contributed by atoms with van der Waals surface area (Å²) in [4.78, 5) is 9.53. The fraction of sp³-hybridized carbons (Fsp3) is 0.667. The van der Waals surface area contributed by atoms with Gasteiger partial charge in [-0.3, -0.25) is 4.79 Å². The maximum atomic E-state index is 11.3. The Morgan fingerprint density at radius 3 is 2.43 bits per heavy atom. The van der Waals surface area contributed by atoms with E-state index in [9.17, 15) is 9.18 Å². The van der Waals surface area contributed by atoms with Crippen molar-refractivity contribution in [1.29, 1.82) is 0 Å². The van der Waals surface area contributed by atoms with Crippen molar-refractivity contribution in [3.8, 4) is 0 Å². The van der Waals surface area contributed by atoms with Crippen molar-refractivity contribution in [3.63, 3.8) is 0 Å². The number of carbonyl (C=O) groups is 1. The first-order chi connectivity index (χ1) is 3.18. The van der Waals surface area contributed by atoms with Gasteiger partial charge in [0, 0.05) is 5.75 Å². The average Bonchev–Trinajstić information content (AvgIpc) is 1.65. The quantitative estimate of drug-likeness (QED) is 0.392. The van der Waals surface area contributed by atoms with Crippen molar-refractivity contribution in [1.82, 2.24) is 0 Å². The fourth-order valence-corrected chi connectivity index (χ4v) is 0.215. The molecule has 1 unspecified atom stereocenters. The zero-order valence-corrected chi connectivity index (χ0v) is 4.49. The minimum absolute atomic E-state index is 0.0648. The fourth-order valence-electron chi connectivity index (χ4n) is 0.0718. The molecule has 2 nitrogen and oxygen atoms in total. The molecule has 42 valence electrons. The van der Waals surface area contributed by atoms with Gasteiger partial charge >= 0.3 is 6.04 Å². The van der Waals surface area contributed by atoms with Crippen molar-refractivity contribution in [3.05, 3.63) is 0 Å². The molecule has 0 saturated carbocycles. The van der Waals surface area contributed by atoms with Crippen LogP contribution in [0, 0.1) is 0 Å². The highest BCUT2D eigenvalue weighted by atomic mass is 32.1. The maximum Gasteiger partial charge on any atom is 0.318 e. The third kappa shape index (κ3) is 2.59. The van der Waals surface area contributed by atoms with Crippen LogP contribution in [0.3, 0.4) is 0 Å². The van der Waals surface area contributed by atoms with Crippen LogP contribution in [0.2, 0.25) is 0 Å². The van der Waals surface area contributed by atoms with Crippen LogP contribution in [0.15, 0.2) is 0 Å². The van der Waals surface area contributed by atoms with Gasteiger partial charge in [0.25, 0.3) is 0 Å². The Hall–Kier alpha value is -0.0900. The number of hydrogen-bond acceptors (Lipinski definition) is 3. The van der Waals surface area contributed by atoms with E-state index in [-0.39, 0.29) is 5.75 Å². The Morgan fingerprint density at radius 1 is 2.00 bits per heavy atom. The zero-order chi connectivity index (χ0) is 5.86. The molecule has 0 radical (unpaired) electrons. The Kier molecular flexibility index (Phi) is 2.95. The number of thiol groups is 1. The lowest BCUT2D eigenvalue weighted by molar-refractivity contribution is -0.130. The molecule has 0 amide bonds. The Morgan fingerprint density at radius 2 is 2.43 bits per heavy atom. The summed E-state index contributed by atoms with van der Waals surface area (Å²) in [7, 11) is 0. The molecule has 0 bridgehead atoms. The van der Waals surface area contributed by atoms with Gasteiger partial charge in [-0.05, 0) is 0 Å². The number of nitrogens with two attached hydrogens (primary N) is 1. The first kappa shape index (κ1) is 6.91. The SMILES string of the molecule is NC(CS)C(=O)F. The van der Waals surface area contributed by atoms with Crippen LogP contribution in [0.1, 0.15) is 0 Å². The predicted octanol–water partition coefficient (Wildman–Crippen LogP) is -0.260. The topological polar surface area (TPSA) is 43.1 Å². The molecule has 0 aromatic carbocycles. The summed E-state index contributed by atoms with van der Waals surface area (Å²) in [5.41, 5.74) is 4.81. The van der Waals surface area contributed by atoms with Gasteiger partial charge in [0.2, 0.25) is 0 Å². The second-order valence-electron chi connectivity index (χ2n) is 1.09.